The maximum absolute atomic E-state index is 5.87. The normalized spacial score (nSPS) is 10.6. The number of nitrogen functional groups attached to an aromatic ring is 1. The summed E-state index contributed by atoms with van der Waals surface area (Å²) < 4.78 is 5.61. The van der Waals surface area contributed by atoms with Gasteiger partial charge >= 0.3 is 0 Å². The minimum Gasteiger partial charge on any atom is -0.415 e. The highest BCUT2D eigenvalue weighted by Crippen LogP contribution is 2.25. The highest BCUT2D eigenvalue weighted by molar-refractivity contribution is 5.63. The van der Waals surface area contributed by atoms with Crippen molar-refractivity contribution in [3.05, 3.63) is 48.2 Å². The van der Waals surface area contributed by atoms with Gasteiger partial charge < -0.3 is 10.2 Å². The third-order valence-corrected chi connectivity index (χ3v) is 2.84. The number of nitrogens with zero attached hydrogens (tertiary/aromatic N) is 3. The third-order valence-electron chi connectivity index (χ3n) is 2.84. The first-order valence-electron chi connectivity index (χ1n) is 5.85. The highest BCUT2D eigenvalue weighted by atomic mass is 16.4. The largest absolute Gasteiger partial charge is 0.415 e. The molecule has 0 aliphatic rings. The van der Waals surface area contributed by atoms with Crippen LogP contribution in [0.2, 0.25) is 0 Å². The van der Waals surface area contributed by atoms with E-state index in [2.05, 4.69) is 15.2 Å². The molecule has 2 N–H and O–H groups in total. The van der Waals surface area contributed by atoms with Crippen LogP contribution in [0.4, 0.5) is 5.69 Å². The fourth-order valence-corrected chi connectivity index (χ4v) is 1.71. The number of hydrogen-bond acceptors (Lipinski definition) is 5. The van der Waals surface area contributed by atoms with Gasteiger partial charge in [0, 0.05) is 17.4 Å². The van der Waals surface area contributed by atoms with Crippen LogP contribution in [0.25, 0.3) is 23.0 Å². The molecule has 0 amide bonds. The van der Waals surface area contributed by atoms with Gasteiger partial charge in [-0.2, -0.15) is 0 Å². The Labute approximate surface area is 110 Å². The molecule has 3 aromatic rings. The maximum atomic E-state index is 5.87. The summed E-state index contributed by atoms with van der Waals surface area (Å²) in [5, 5.41) is 8.02. The molecule has 2 aromatic heterocycles. The molecule has 0 saturated heterocycles. The molecule has 1 aromatic carbocycles. The first-order valence-corrected chi connectivity index (χ1v) is 5.85. The first-order chi connectivity index (χ1) is 9.24. The molecular weight excluding hydrogens is 240 g/mol. The number of benzene rings is 1. The Morgan fingerprint density at radius 2 is 1.89 bits per heavy atom. The Kier molecular flexibility index (Phi) is 2.72. The molecule has 5 nitrogen and oxygen atoms in total. The van der Waals surface area contributed by atoms with Gasteiger partial charge in [0.2, 0.25) is 5.89 Å². The van der Waals surface area contributed by atoms with Gasteiger partial charge in [-0.1, -0.05) is 12.1 Å². The van der Waals surface area contributed by atoms with E-state index < -0.39 is 0 Å². The molecule has 19 heavy (non-hydrogen) atoms. The van der Waals surface area contributed by atoms with Crippen molar-refractivity contribution < 1.29 is 4.42 Å². The fraction of sp³-hybridized carbons (Fsp3) is 0.0714. The summed E-state index contributed by atoms with van der Waals surface area (Å²) in [4.78, 5) is 4.17. The van der Waals surface area contributed by atoms with Crippen LogP contribution in [0.15, 0.2) is 47.0 Å². The van der Waals surface area contributed by atoms with E-state index in [1.165, 1.54) is 0 Å². The average molecular weight is 252 g/mol. The lowest BCUT2D eigenvalue weighted by molar-refractivity contribution is 0.582. The lowest BCUT2D eigenvalue weighted by atomic mass is 10.1. The first kappa shape index (κ1) is 11.4. The van der Waals surface area contributed by atoms with Crippen molar-refractivity contribution in [3.63, 3.8) is 0 Å². The van der Waals surface area contributed by atoms with Crippen molar-refractivity contribution in [2.75, 3.05) is 5.73 Å². The minimum atomic E-state index is 0.398. The summed E-state index contributed by atoms with van der Waals surface area (Å²) in [6.07, 6.45) is 1.68. The molecule has 0 radical (unpaired) electrons. The summed E-state index contributed by atoms with van der Waals surface area (Å²) in [7, 11) is 0. The molecule has 3 rings (SSSR count). The summed E-state index contributed by atoms with van der Waals surface area (Å²) in [5.41, 5.74) is 9.06. The molecule has 0 saturated carbocycles. The van der Waals surface area contributed by atoms with E-state index in [1.54, 1.807) is 6.20 Å². The van der Waals surface area contributed by atoms with E-state index in [1.807, 2.05) is 43.3 Å². The zero-order chi connectivity index (χ0) is 13.2. The lowest BCUT2D eigenvalue weighted by Gasteiger charge is -2.00. The molecule has 94 valence electrons. The van der Waals surface area contributed by atoms with Crippen molar-refractivity contribution in [1.29, 1.82) is 0 Å². The van der Waals surface area contributed by atoms with Crippen molar-refractivity contribution in [2.24, 2.45) is 0 Å². The molecule has 0 aliphatic heterocycles. The van der Waals surface area contributed by atoms with Gasteiger partial charge in [-0.05, 0) is 36.8 Å². The van der Waals surface area contributed by atoms with E-state index in [4.69, 9.17) is 10.2 Å². The number of hydrogen-bond donors (Lipinski definition) is 1. The third kappa shape index (κ3) is 2.18. The number of rotatable bonds is 2. The molecule has 0 spiro atoms. The maximum Gasteiger partial charge on any atom is 0.266 e. The quantitative estimate of drug-likeness (QED) is 0.709. The number of aromatic nitrogens is 3. The van der Waals surface area contributed by atoms with Crippen LogP contribution in [0, 0.1) is 6.92 Å². The van der Waals surface area contributed by atoms with Gasteiger partial charge in [-0.15, -0.1) is 10.2 Å². The van der Waals surface area contributed by atoms with Crippen LogP contribution in [0.5, 0.6) is 0 Å². The minimum absolute atomic E-state index is 0.398. The van der Waals surface area contributed by atoms with E-state index in [9.17, 15) is 0 Å². The van der Waals surface area contributed by atoms with Gasteiger partial charge in [-0.25, -0.2) is 0 Å². The Hall–Kier alpha value is -2.69. The highest BCUT2D eigenvalue weighted by Gasteiger charge is 2.11. The number of anilines is 1. The summed E-state index contributed by atoms with van der Waals surface area (Å²) >= 11 is 0. The van der Waals surface area contributed by atoms with Gasteiger partial charge in [0.25, 0.3) is 5.89 Å². The molecule has 0 aliphatic carbocycles. The van der Waals surface area contributed by atoms with Crippen LogP contribution in [-0.2, 0) is 0 Å². The van der Waals surface area contributed by atoms with Crippen molar-refractivity contribution in [3.8, 4) is 23.0 Å². The Balaban J connectivity index is 1.99. The zero-order valence-electron chi connectivity index (χ0n) is 10.4. The van der Waals surface area contributed by atoms with E-state index >= 15 is 0 Å². The van der Waals surface area contributed by atoms with E-state index in [-0.39, 0.29) is 0 Å². The Morgan fingerprint density at radius 3 is 2.63 bits per heavy atom. The molecule has 2 heterocycles. The summed E-state index contributed by atoms with van der Waals surface area (Å²) in [5.74, 6) is 0.835. The van der Waals surface area contributed by atoms with Crippen LogP contribution >= 0.6 is 0 Å². The van der Waals surface area contributed by atoms with Crippen LogP contribution < -0.4 is 5.73 Å². The van der Waals surface area contributed by atoms with Gasteiger partial charge in [-0.3, -0.25) is 4.98 Å². The van der Waals surface area contributed by atoms with E-state index in [0.717, 1.165) is 11.1 Å². The van der Waals surface area contributed by atoms with Gasteiger partial charge in [0.15, 0.2) is 0 Å². The molecule has 0 unspecified atom stereocenters. The Morgan fingerprint density at radius 1 is 1.05 bits per heavy atom. The SMILES string of the molecule is Cc1ccc(-c2nnc(-c3ccccn3)o2)cc1N. The number of nitrogens with two attached hydrogens (primary N) is 1. The number of aryl methyl sites for hydroxylation is 1. The zero-order valence-corrected chi connectivity index (χ0v) is 10.4. The van der Waals surface area contributed by atoms with Gasteiger partial charge in [0.05, 0.1) is 0 Å². The average Bonchev–Trinajstić information content (AvgIpc) is 2.93. The lowest BCUT2D eigenvalue weighted by Crippen LogP contribution is -1.89. The molecule has 0 bridgehead atoms. The van der Waals surface area contributed by atoms with Gasteiger partial charge in [0.1, 0.15) is 5.69 Å². The van der Waals surface area contributed by atoms with Crippen molar-refractivity contribution in [2.45, 2.75) is 6.92 Å². The molecule has 0 atom stereocenters. The van der Waals surface area contributed by atoms with Crippen LogP contribution in [-0.4, -0.2) is 15.2 Å². The van der Waals surface area contributed by atoms with Crippen molar-refractivity contribution in [1.82, 2.24) is 15.2 Å². The fourth-order valence-electron chi connectivity index (χ4n) is 1.71. The topological polar surface area (TPSA) is 77.8 Å². The van der Waals surface area contributed by atoms with Crippen LogP contribution in [0.1, 0.15) is 5.56 Å². The van der Waals surface area contributed by atoms with Crippen molar-refractivity contribution >= 4 is 5.69 Å². The summed E-state index contributed by atoms with van der Waals surface area (Å²) in [6, 6.07) is 11.2. The second kappa shape index (κ2) is 4.53. The predicted molar refractivity (Wildman–Crippen MR) is 72.1 cm³/mol. The summed E-state index contributed by atoms with van der Waals surface area (Å²) in [6.45, 7) is 1.95. The number of pyridine rings is 1. The predicted octanol–water partition coefficient (Wildman–Crippen LogP) is 2.69. The molecular formula is C14H12N4O. The molecule has 5 heteroatoms. The smallest absolute Gasteiger partial charge is 0.266 e. The van der Waals surface area contributed by atoms with E-state index in [0.29, 0.717) is 23.2 Å². The second-order valence-corrected chi connectivity index (χ2v) is 4.20. The Bertz CT molecular complexity index is 706. The second-order valence-electron chi connectivity index (χ2n) is 4.20. The van der Waals surface area contributed by atoms with Crippen LogP contribution in [0.3, 0.4) is 0 Å². The molecule has 0 fully saturated rings. The monoisotopic (exact) mass is 252 g/mol. The standard InChI is InChI=1S/C14H12N4O/c1-9-5-6-10(8-11(9)15)13-17-18-14(19-13)12-4-2-3-7-16-12/h2-8H,15H2,1H3.